The summed E-state index contributed by atoms with van der Waals surface area (Å²) in [7, 11) is 0. The van der Waals surface area contributed by atoms with Crippen molar-refractivity contribution < 1.29 is 18.0 Å². The standard InChI is InChI=1S/C13H9BrF3N3O/c14-9-6-19-5-4-10(9)20-12(21)7-2-1-3-8(11(7)18)13(15,16)17/h1-6H,18H2,(H,19,20,21). The monoisotopic (exact) mass is 359 g/mol. The second kappa shape index (κ2) is 5.72. The van der Waals surface area contributed by atoms with Crippen LogP contribution in [0.2, 0.25) is 0 Å². The number of hydrogen-bond acceptors (Lipinski definition) is 3. The number of rotatable bonds is 2. The Balaban J connectivity index is 2.35. The molecule has 0 aliphatic rings. The number of carbonyl (C=O) groups is 1. The minimum absolute atomic E-state index is 0.242. The summed E-state index contributed by atoms with van der Waals surface area (Å²) in [6.07, 6.45) is -1.72. The van der Waals surface area contributed by atoms with Gasteiger partial charge in [0.25, 0.3) is 5.91 Å². The summed E-state index contributed by atoms with van der Waals surface area (Å²) in [6, 6.07) is 4.70. The highest BCUT2D eigenvalue weighted by atomic mass is 79.9. The van der Waals surface area contributed by atoms with Gasteiger partial charge in [-0.15, -0.1) is 0 Å². The quantitative estimate of drug-likeness (QED) is 0.803. The van der Waals surface area contributed by atoms with Crippen LogP contribution in [-0.4, -0.2) is 10.9 Å². The van der Waals surface area contributed by atoms with Crippen molar-refractivity contribution in [3.63, 3.8) is 0 Å². The normalized spacial score (nSPS) is 11.2. The molecule has 4 nitrogen and oxygen atoms in total. The predicted octanol–water partition coefficient (Wildman–Crippen LogP) is 3.70. The van der Waals surface area contributed by atoms with Gasteiger partial charge in [0.15, 0.2) is 0 Å². The van der Waals surface area contributed by atoms with Crippen molar-refractivity contribution in [3.05, 3.63) is 52.3 Å². The van der Waals surface area contributed by atoms with Crippen LogP contribution in [0, 0.1) is 0 Å². The van der Waals surface area contributed by atoms with E-state index in [-0.39, 0.29) is 5.56 Å². The molecule has 1 aromatic carbocycles. The second-order valence-electron chi connectivity index (χ2n) is 4.07. The van der Waals surface area contributed by atoms with Gasteiger partial charge in [0.1, 0.15) is 0 Å². The maximum Gasteiger partial charge on any atom is 0.418 e. The van der Waals surface area contributed by atoms with Crippen molar-refractivity contribution >= 4 is 33.2 Å². The summed E-state index contributed by atoms with van der Waals surface area (Å²) in [6.45, 7) is 0. The molecule has 0 saturated heterocycles. The molecule has 8 heteroatoms. The highest BCUT2D eigenvalue weighted by Crippen LogP contribution is 2.35. The summed E-state index contributed by atoms with van der Waals surface area (Å²) in [5.41, 5.74) is 3.95. The van der Waals surface area contributed by atoms with Crippen molar-refractivity contribution in [2.75, 3.05) is 11.1 Å². The van der Waals surface area contributed by atoms with E-state index in [9.17, 15) is 18.0 Å². The summed E-state index contributed by atoms with van der Waals surface area (Å²) in [5.74, 6) is -0.731. The van der Waals surface area contributed by atoms with E-state index in [1.807, 2.05) is 0 Å². The first-order valence-corrected chi connectivity index (χ1v) is 6.46. The zero-order valence-electron chi connectivity index (χ0n) is 10.4. The fourth-order valence-corrected chi connectivity index (χ4v) is 2.03. The summed E-state index contributed by atoms with van der Waals surface area (Å²) < 4.78 is 38.8. The van der Waals surface area contributed by atoms with E-state index >= 15 is 0 Å². The number of nitrogens with zero attached hydrogens (tertiary/aromatic N) is 1. The summed E-state index contributed by atoms with van der Waals surface area (Å²) in [5, 5.41) is 2.47. The molecule has 1 aromatic heterocycles. The third kappa shape index (κ3) is 3.33. The predicted molar refractivity (Wildman–Crippen MR) is 75.7 cm³/mol. The number of alkyl halides is 3. The molecule has 0 spiro atoms. The second-order valence-corrected chi connectivity index (χ2v) is 4.93. The molecule has 110 valence electrons. The van der Waals surface area contributed by atoms with Gasteiger partial charge in [-0.1, -0.05) is 6.07 Å². The SMILES string of the molecule is Nc1c(C(=O)Nc2ccncc2Br)cccc1C(F)(F)F. The average Bonchev–Trinajstić information content (AvgIpc) is 2.40. The molecule has 0 bridgehead atoms. The number of aromatic nitrogens is 1. The lowest BCUT2D eigenvalue weighted by molar-refractivity contribution is -0.136. The van der Waals surface area contributed by atoms with Crippen molar-refractivity contribution in [2.24, 2.45) is 0 Å². The van der Waals surface area contributed by atoms with E-state index in [2.05, 4.69) is 26.2 Å². The van der Waals surface area contributed by atoms with Crippen LogP contribution in [0.4, 0.5) is 24.5 Å². The average molecular weight is 360 g/mol. The fraction of sp³-hybridized carbons (Fsp3) is 0.0769. The Labute approximate surface area is 126 Å². The van der Waals surface area contributed by atoms with Gasteiger partial charge in [-0.2, -0.15) is 13.2 Å². The van der Waals surface area contributed by atoms with Crippen LogP contribution in [0.1, 0.15) is 15.9 Å². The Kier molecular flexibility index (Phi) is 4.17. The van der Waals surface area contributed by atoms with Crippen LogP contribution in [-0.2, 0) is 6.18 Å². The highest BCUT2D eigenvalue weighted by molar-refractivity contribution is 9.10. The number of nitrogen functional groups attached to an aromatic ring is 1. The van der Waals surface area contributed by atoms with Crippen LogP contribution < -0.4 is 11.1 Å². The topological polar surface area (TPSA) is 68.0 Å². The minimum atomic E-state index is -4.61. The molecule has 21 heavy (non-hydrogen) atoms. The molecule has 0 unspecified atom stereocenters. The van der Waals surface area contributed by atoms with Gasteiger partial charge in [-0.05, 0) is 34.1 Å². The van der Waals surface area contributed by atoms with Crippen LogP contribution in [0.15, 0.2) is 41.1 Å². The van der Waals surface area contributed by atoms with Crippen molar-refractivity contribution in [3.8, 4) is 0 Å². The van der Waals surface area contributed by atoms with Gasteiger partial charge >= 0.3 is 6.18 Å². The van der Waals surface area contributed by atoms with Gasteiger partial charge < -0.3 is 11.1 Å². The number of benzene rings is 1. The van der Waals surface area contributed by atoms with Crippen LogP contribution in [0.3, 0.4) is 0 Å². The van der Waals surface area contributed by atoms with E-state index in [1.165, 1.54) is 24.5 Å². The van der Waals surface area contributed by atoms with Crippen molar-refractivity contribution in [1.82, 2.24) is 4.98 Å². The third-order valence-corrected chi connectivity index (χ3v) is 3.31. The number of pyridine rings is 1. The molecule has 0 fully saturated rings. The lowest BCUT2D eigenvalue weighted by Gasteiger charge is -2.13. The molecule has 2 rings (SSSR count). The van der Waals surface area contributed by atoms with Crippen molar-refractivity contribution in [2.45, 2.75) is 6.18 Å². The van der Waals surface area contributed by atoms with E-state index in [4.69, 9.17) is 5.73 Å². The van der Waals surface area contributed by atoms with Gasteiger partial charge in [-0.3, -0.25) is 9.78 Å². The number of nitrogens with two attached hydrogens (primary N) is 1. The van der Waals surface area contributed by atoms with Crippen LogP contribution in [0.25, 0.3) is 0 Å². The lowest BCUT2D eigenvalue weighted by atomic mass is 10.1. The van der Waals surface area contributed by atoms with Crippen LogP contribution >= 0.6 is 15.9 Å². The molecule has 3 N–H and O–H groups in total. The van der Waals surface area contributed by atoms with E-state index in [0.29, 0.717) is 10.2 Å². The maximum atomic E-state index is 12.8. The zero-order chi connectivity index (χ0) is 15.6. The highest BCUT2D eigenvalue weighted by Gasteiger charge is 2.34. The first-order valence-electron chi connectivity index (χ1n) is 5.67. The molecular weight excluding hydrogens is 351 g/mol. The number of halogens is 4. The van der Waals surface area contributed by atoms with Gasteiger partial charge in [0.05, 0.1) is 27.0 Å². The summed E-state index contributed by atoms with van der Waals surface area (Å²) >= 11 is 3.17. The number of nitrogens with one attached hydrogen (secondary N) is 1. The van der Waals surface area contributed by atoms with E-state index < -0.39 is 23.3 Å². The number of anilines is 2. The maximum absolute atomic E-state index is 12.8. The molecule has 2 aromatic rings. The zero-order valence-corrected chi connectivity index (χ0v) is 12.0. The molecule has 0 aliphatic carbocycles. The smallest absolute Gasteiger partial charge is 0.398 e. The molecule has 1 heterocycles. The first-order chi connectivity index (χ1) is 9.80. The number of amides is 1. The number of para-hydroxylation sites is 1. The van der Waals surface area contributed by atoms with Crippen molar-refractivity contribution in [1.29, 1.82) is 0 Å². The van der Waals surface area contributed by atoms with E-state index in [0.717, 1.165) is 12.1 Å². The van der Waals surface area contributed by atoms with E-state index in [1.54, 1.807) is 0 Å². The van der Waals surface area contributed by atoms with Gasteiger partial charge in [-0.25, -0.2) is 0 Å². The fourth-order valence-electron chi connectivity index (χ4n) is 1.68. The molecule has 0 radical (unpaired) electrons. The largest absolute Gasteiger partial charge is 0.418 e. The summed E-state index contributed by atoms with van der Waals surface area (Å²) in [4.78, 5) is 15.9. The Hall–Kier alpha value is -2.09. The Bertz CT molecular complexity index is 689. The minimum Gasteiger partial charge on any atom is -0.398 e. The molecular formula is C13H9BrF3N3O. The Morgan fingerprint density at radius 1 is 1.29 bits per heavy atom. The molecule has 0 aliphatic heterocycles. The van der Waals surface area contributed by atoms with Gasteiger partial charge in [0.2, 0.25) is 0 Å². The third-order valence-electron chi connectivity index (χ3n) is 2.68. The van der Waals surface area contributed by atoms with Crippen LogP contribution in [0.5, 0.6) is 0 Å². The van der Waals surface area contributed by atoms with Gasteiger partial charge in [0, 0.05) is 12.4 Å². The Morgan fingerprint density at radius 2 is 2.00 bits per heavy atom. The molecule has 0 saturated carbocycles. The molecule has 1 amide bonds. The first kappa shape index (κ1) is 15.3. The lowest BCUT2D eigenvalue weighted by Crippen LogP contribution is -2.18. The molecule has 0 atom stereocenters. The number of carbonyl (C=O) groups excluding carboxylic acids is 1. The number of hydrogen-bond donors (Lipinski definition) is 2. The Morgan fingerprint density at radius 3 is 2.62 bits per heavy atom.